The van der Waals surface area contributed by atoms with Crippen molar-refractivity contribution in [2.45, 2.75) is 117 Å². The molecular formula is C44H57N5O6S. The highest BCUT2D eigenvalue weighted by Crippen LogP contribution is 2.57. The number of anilines is 1. The summed E-state index contributed by atoms with van der Waals surface area (Å²) in [7, 11) is 1.67. The zero-order chi connectivity index (χ0) is 39.9. The number of piperidine rings is 2. The molecule has 2 aliphatic heterocycles. The van der Waals surface area contributed by atoms with Crippen molar-refractivity contribution in [3.8, 4) is 16.3 Å². The Balaban J connectivity index is 1.11. The number of primary amides is 1. The Morgan fingerprint density at radius 2 is 1.71 bits per heavy atom. The van der Waals surface area contributed by atoms with Crippen LogP contribution in [-0.4, -0.2) is 77.6 Å². The van der Waals surface area contributed by atoms with E-state index in [-0.39, 0.29) is 29.4 Å². The number of thiophene rings is 1. The van der Waals surface area contributed by atoms with Crippen LogP contribution in [0, 0.1) is 24.2 Å². The van der Waals surface area contributed by atoms with Gasteiger partial charge in [0.15, 0.2) is 0 Å². The van der Waals surface area contributed by atoms with E-state index in [2.05, 4.69) is 66.7 Å². The smallest absolute Gasteiger partial charge is 0.407 e. The van der Waals surface area contributed by atoms with Crippen molar-refractivity contribution in [1.82, 2.24) is 14.8 Å². The minimum absolute atomic E-state index is 0.0498. The third kappa shape index (κ3) is 6.75. The molecule has 0 radical (unpaired) electrons. The maximum Gasteiger partial charge on any atom is 0.407 e. The highest BCUT2D eigenvalue weighted by molar-refractivity contribution is 7.22. The first-order valence-electron chi connectivity index (χ1n) is 20.2. The molecule has 0 spiro atoms. The summed E-state index contributed by atoms with van der Waals surface area (Å²) in [5.74, 6) is 1.31. The number of aromatic nitrogens is 1. The molecule has 4 aromatic rings. The summed E-state index contributed by atoms with van der Waals surface area (Å²) in [6.45, 7) is 17.4. The number of aryl methyl sites for hydroxylation is 1. The lowest BCUT2D eigenvalue weighted by Crippen LogP contribution is -2.60. The van der Waals surface area contributed by atoms with Crippen molar-refractivity contribution in [2.75, 3.05) is 31.6 Å². The highest BCUT2D eigenvalue weighted by atomic mass is 32.1. The van der Waals surface area contributed by atoms with Crippen LogP contribution in [-0.2, 0) is 16.0 Å². The second kappa shape index (κ2) is 13.9. The fourth-order valence-corrected chi connectivity index (χ4v) is 11.2. The number of fused-ring (bicyclic) bond motifs is 4. The molecule has 2 aliphatic carbocycles. The van der Waals surface area contributed by atoms with Gasteiger partial charge in [0.25, 0.3) is 5.91 Å². The van der Waals surface area contributed by atoms with Crippen LogP contribution in [0.5, 0.6) is 5.75 Å². The maximum absolute atomic E-state index is 14.6. The van der Waals surface area contributed by atoms with Crippen LogP contribution in [0.2, 0.25) is 0 Å². The first-order chi connectivity index (χ1) is 26.5. The van der Waals surface area contributed by atoms with Crippen LogP contribution in [0.4, 0.5) is 15.3 Å². The van der Waals surface area contributed by atoms with Crippen molar-refractivity contribution in [3.63, 3.8) is 0 Å². The fraction of sp³-hybridized carbons (Fsp3) is 0.568. The molecule has 12 heteroatoms. The third-order valence-electron chi connectivity index (χ3n) is 12.8. The van der Waals surface area contributed by atoms with Gasteiger partial charge in [-0.1, -0.05) is 26.8 Å². The van der Waals surface area contributed by atoms with E-state index in [0.717, 1.165) is 61.0 Å². The predicted molar refractivity (Wildman–Crippen MR) is 222 cm³/mol. The summed E-state index contributed by atoms with van der Waals surface area (Å²) in [4.78, 5) is 44.7. The zero-order valence-corrected chi connectivity index (χ0v) is 34.9. The van der Waals surface area contributed by atoms with E-state index in [4.69, 9.17) is 19.9 Å². The highest BCUT2D eigenvalue weighted by Gasteiger charge is 2.66. The molecule has 300 valence electrons. The number of amides is 3. The van der Waals surface area contributed by atoms with E-state index in [1.807, 2.05) is 37.8 Å². The Hall–Kier alpha value is -4.45. The van der Waals surface area contributed by atoms with Gasteiger partial charge in [-0.25, -0.2) is 9.59 Å². The number of hydrogen-bond donors (Lipinski definition) is 2. The molecule has 4 fully saturated rings. The average Bonchev–Trinajstić information content (AvgIpc) is 3.52. The molecule has 11 nitrogen and oxygen atoms in total. The minimum Gasteiger partial charge on any atom is -0.496 e. The first-order valence-corrected chi connectivity index (χ1v) is 21.1. The molecule has 2 aromatic heterocycles. The van der Waals surface area contributed by atoms with Crippen molar-refractivity contribution >= 4 is 56.1 Å². The fourth-order valence-electron chi connectivity index (χ4n) is 9.92. The molecule has 3 N–H and O–H groups in total. The molecule has 8 rings (SSSR count). The maximum atomic E-state index is 14.6. The van der Waals surface area contributed by atoms with Gasteiger partial charge < -0.3 is 39.6 Å². The average molecular weight is 784 g/mol. The molecule has 2 saturated carbocycles. The Bertz CT molecular complexity index is 2200. The monoisotopic (exact) mass is 783 g/mol. The molecular weight excluding hydrogens is 727 g/mol. The molecule has 4 aliphatic rings. The van der Waals surface area contributed by atoms with Gasteiger partial charge in [0, 0.05) is 64.9 Å². The molecule has 2 aromatic carbocycles. The summed E-state index contributed by atoms with van der Waals surface area (Å²) in [5.41, 5.74) is 9.36. The van der Waals surface area contributed by atoms with E-state index in [1.54, 1.807) is 18.4 Å². The largest absolute Gasteiger partial charge is 0.496 e. The predicted octanol–water partition coefficient (Wildman–Crippen LogP) is 8.86. The van der Waals surface area contributed by atoms with Crippen LogP contribution in [0.15, 0.2) is 36.4 Å². The number of nitrogens with two attached hydrogens (primary N) is 1. The second-order valence-corrected chi connectivity index (χ2v) is 19.6. The summed E-state index contributed by atoms with van der Waals surface area (Å²) >= 11 is 1.71. The van der Waals surface area contributed by atoms with Crippen LogP contribution < -0.4 is 20.7 Å². The molecule has 2 unspecified atom stereocenters. The zero-order valence-electron chi connectivity index (χ0n) is 34.1. The van der Waals surface area contributed by atoms with Gasteiger partial charge in [-0.15, -0.1) is 11.3 Å². The number of nitrogens with zero attached hydrogens (tertiary/aromatic N) is 3. The lowest BCUT2D eigenvalue weighted by Gasteiger charge is -2.49. The van der Waals surface area contributed by atoms with E-state index in [9.17, 15) is 14.4 Å². The number of nitrogens with one attached hydrogen (secondary N) is 1. The van der Waals surface area contributed by atoms with E-state index < -0.39 is 23.3 Å². The van der Waals surface area contributed by atoms with Crippen LogP contribution in [0.25, 0.3) is 31.6 Å². The number of hydrogen-bond acceptors (Lipinski definition) is 8. The molecule has 3 amide bonds. The topological polar surface area (TPSA) is 128 Å². The third-order valence-corrected chi connectivity index (χ3v) is 14.0. The van der Waals surface area contributed by atoms with Crippen molar-refractivity contribution < 1.29 is 28.6 Å². The molecule has 56 heavy (non-hydrogen) atoms. The van der Waals surface area contributed by atoms with Gasteiger partial charge >= 0.3 is 12.2 Å². The van der Waals surface area contributed by atoms with E-state index >= 15 is 0 Å². The van der Waals surface area contributed by atoms with Gasteiger partial charge in [-0.3, -0.25) is 4.79 Å². The lowest BCUT2D eigenvalue weighted by molar-refractivity contribution is -0.0359. The molecule has 4 heterocycles. The van der Waals surface area contributed by atoms with Gasteiger partial charge in [0.2, 0.25) is 0 Å². The molecule has 2 saturated heterocycles. The molecule has 3 atom stereocenters. The Morgan fingerprint density at radius 3 is 2.36 bits per heavy atom. The number of carbonyl (C=O) groups excluding carboxylic acids is 3. The number of alkyl carbamates (subject to hydrolysis) is 1. The minimum atomic E-state index is -0.792. The van der Waals surface area contributed by atoms with Crippen LogP contribution >= 0.6 is 11.3 Å². The quantitative estimate of drug-likeness (QED) is 0.183. The summed E-state index contributed by atoms with van der Waals surface area (Å²) in [6, 6.07) is 13.1. The summed E-state index contributed by atoms with van der Waals surface area (Å²) in [6.07, 6.45) is 4.25. The van der Waals surface area contributed by atoms with Crippen molar-refractivity contribution in [1.29, 1.82) is 0 Å². The molecule has 2 bridgehead atoms. The van der Waals surface area contributed by atoms with Crippen molar-refractivity contribution in [3.05, 3.63) is 47.5 Å². The summed E-state index contributed by atoms with van der Waals surface area (Å²) < 4.78 is 20.8. The van der Waals surface area contributed by atoms with E-state index in [0.29, 0.717) is 23.8 Å². The van der Waals surface area contributed by atoms with Gasteiger partial charge in [0.1, 0.15) is 17.5 Å². The Labute approximate surface area is 333 Å². The number of ether oxygens (including phenoxy) is 3. The number of likely N-dealkylation sites (tertiary alicyclic amines) is 1. The Kier molecular flexibility index (Phi) is 9.53. The number of carbonyl (C=O) groups is 3. The van der Waals surface area contributed by atoms with Gasteiger partial charge in [-0.05, 0) is 113 Å². The standard InChI is InChI=1S/C44H57N5O6S/c1-25-36-34(53-8)20-29(39(50)49-24-28-13-16-44(49,42(2,3)4)38(28)54-40(45)51)21-35(36)56-37(25)33-19-27-11-12-31(22-32(27)48(33)23-26-9-10-26)47-17-14-30(15-18-47)46-41(52)55-43(5,6)7/h11-12,19-22,26,28,30,38H,9-10,13-18,23-24H2,1-8H3,(H2,45,51)(H,46,52)/t28?,38-,44?/m1/s1. The number of methoxy groups -OCH3 is 1. The van der Waals surface area contributed by atoms with Crippen LogP contribution in [0.1, 0.15) is 96.0 Å². The number of benzene rings is 2. The van der Waals surface area contributed by atoms with Crippen molar-refractivity contribution in [2.24, 2.45) is 23.0 Å². The lowest BCUT2D eigenvalue weighted by atomic mass is 9.70. The normalized spacial score (nSPS) is 22.9. The van der Waals surface area contributed by atoms with Gasteiger partial charge in [0.05, 0.1) is 28.7 Å². The first kappa shape index (κ1) is 38.4. The second-order valence-electron chi connectivity index (χ2n) is 18.6. The Morgan fingerprint density at radius 1 is 0.982 bits per heavy atom. The summed E-state index contributed by atoms with van der Waals surface area (Å²) in [5, 5.41) is 5.30. The van der Waals surface area contributed by atoms with Gasteiger partial charge in [-0.2, -0.15) is 0 Å². The SMILES string of the molecule is COc1cc(C(=O)N2CC3CCC2(C(C)(C)C)[C@@H]3OC(N)=O)cc2sc(-c3cc4ccc(N5CCC(NC(=O)OC(C)(C)C)CC5)cc4n3CC3CC3)c(C)c12. The van der Waals surface area contributed by atoms with E-state index in [1.165, 1.54) is 40.0 Å². The van der Waals surface area contributed by atoms with Crippen LogP contribution in [0.3, 0.4) is 0 Å². The number of rotatable bonds is 8.